The monoisotopic (exact) mass is 255 g/mol. The van der Waals surface area contributed by atoms with Crippen molar-refractivity contribution in [3.63, 3.8) is 0 Å². The van der Waals surface area contributed by atoms with Crippen LogP contribution in [0.4, 0.5) is 5.69 Å². The topological polar surface area (TPSA) is 20.3 Å². The summed E-state index contributed by atoms with van der Waals surface area (Å²) >= 11 is 3.35. The van der Waals surface area contributed by atoms with Gasteiger partial charge in [0, 0.05) is 12.7 Å². The van der Waals surface area contributed by atoms with Crippen LogP contribution in [0.2, 0.25) is 0 Å². The van der Waals surface area contributed by atoms with Gasteiger partial charge >= 0.3 is 0 Å². The summed E-state index contributed by atoms with van der Waals surface area (Å²) in [6, 6.07) is 9.59. The molecule has 1 rings (SSSR count). The van der Waals surface area contributed by atoms with Crippen molar-refractivity contribution in [1.82, 2.24) is 0 Å². The highest BCUT2D eigenvalue weighted by Gasteiger charge is 2.27. The van der Waals surface area contributed by atoms with Gasteiger partial charge in [-0.1, -0.05) is 34.1 Å². The molecule has 0 heterocycles. The molecule has 0 radical (unpaired) electrons. The Morgan fingerprint density at radius 3 is 2.21 bits per heavy atom. The molecule has 1 aromatic carbocycles. The van der Waals surface area contributed by atoms with Crippen molar-refractivity contribution in [2.24, 2.45) is 0 Å². The molecule has 0 saturated heterocycles. The van der Waals surface area contributed by atoms with Crippen molar-refractivity contribution in [2.45, 2.75) is 18.2 Å². The van der Waals surface area contributed by atoms with Crippen LogP contribution in [0, 0.1) is 0 Å². The molecular formula is C11H14BrNO. The van der Waals surface area contributed by atoms with Crippen LogP contribution >= 0.6 is 15.9 Å². The number of carbonyl (C=O) groups is 1. The Balaban J connectivity index is 2.87. The van der Waals surface area contributed by atoms with Gasteiger partial charge in [0.25, 0.3) is 0 Å². The first-order chi connectivity index (χ1) is 6.43. The molecule has 1 amide bonds. The standard InChI is InChI=1S/C11H14BrNO/c1-11(2,12)10(14)13(3)9-7-5-4-6-8-9/h4-8H,1-3H3. The summed E-state index contributed by atoms with van der Waals surface area (Å²) in [5.74, 6) is 0.0451. The third-order valence-corrected chi connectivity index (χ3v) is 2.30. The van der Waals surface area contributed by atoms with Gasteiger partial charge in [0.05, 0.1) is 4.32 Å². The van der Waals surface area contributed by atoms with Crippen molar-refractivity contribution >= 4 is 27.5 Å². The van der Waals surface area contributed by atoms with Gasteiger partial charge < -0.3 is 4.90 Å². The number of nitrogens with zero attached hydrogens (tertiary/aromatic N) is 1. The van der Waals surface area contributed by atoms with Gasteiger partial charge in [0.15, 0.2) is 0 Å². The molecule has 0 aliphatic rings. The zero-order chi connectivity index (χ0) is 10.8. The molecule has 0 spiro atoms. The van der Waals surface area contributed by atoms with Gasteiger partial charge in [0.2, 0.25) is 5.91 Å². The highest BCUT2D eigenvalue weighted by molar-refractivity contribution is 9.10. The fourth-order valence-electron chi connectivity index (χ4n) is 1.17. The number of hydrogen-bond acceptors (Lipinski definition) is 1. The van der Waals surface area contributed by atoms with Crippen molar-refractivity contribution < 1.29 is 4.79 Å². The zero-order valence-electron chi connectivity index (χ0n) is 8.62. The van der Waals surface area contributed by atoms with Crippen molar-refractivity contribution in [2.75, 3.05) is 11.9 Å². The Bertz CT molecular complexity index is 316. The molecule has 0 unspecified atom stereocenters. The molecule has 0 bridgehead atoms. The van der Waals surface area contributed by atoms with E-state index in [0.717, 1.165) is 5.69 Å². The molecule has 2 nitrogen and oxygen atoms in total. The summed E-state index contributed by atoms with van der Waals surface area (Å²) in [5, 5.41) is 0. The Kier molecular flexibility index (Phi) is 3.32. The summed E-state index contributed by atoms with van der Waals surface area (Å²) in [4.78, 5) is 13.5. The van der Waals surface area contributed by atoms with Crippen LogP contribution in [0.1, 0.15) is 13.8 Å². The Labute approximate surface area is 93.0 Å². The molecule has 0 atom stereocenters. The molecule has 0 aromatic heterocycles. The average Bonchev–Trinajstić information content (AvgIpc) is 2.15. The van der Waals surface area contributed by atoms with Crippen LogP contribution in [0.3, 0.4) is 0 Å². The Morgan fingerprint density at radius 1 is 1.29 bits per heavy atom. The SMILES string of the molecule is CN(C(=O)C(C)(C)Br)c1ccccc1. The predicted octanol–water partition coefficient (Wildman–Crippen LogP) is 2.82. The normalized spacial score (nSPS) is 11.1. The van der Waals surface area contributed by atoms with Crippen LogP contribution in [0.15, 0.2) is 30.3 Å². The first kappa shape index (κ1) is 11.2. The van der Waals surface area contributed by atoms with Crippen LogP contribution < -0.4 is 4.90 Å². The van der Waals surface area contributed by atoms with Gasteiger partial charge in [-0.15, -0.1) is 0 Å². The second kappa shape index (κ2) is 4.13. The van der Waals surface area contributed by atoms with Crippen LogP contribution in [0.5, 0.6) is 0 Å². The molecule has 0 aliphatic heterocycles. The summed E-state index contributed by atoms with van der Waals surface area (Å²) in [6.45, 7) is 3.68. The number of amides is 1. The van der Waals surface area contributed by atoms with E-state index < -0.39 is 4.32 Å². The zero-order valence-corrected chi connectivity index (χ0v) is 10.2. The largest absolute Gasteiger partial charge is 0.314 e. The number of benzene rings is 1. The number of para-hydroxylation sites is 1. The van der Waals surface area contributed by atoms with Crippen molar-refractivity contribution in [1.29, 1.82) is 0 Å². The van der Waals surface area contributed by atoms with Gasteiger partial charge in [-0.2, -0.15) is 0 Å². The lowest BCUT2D eigenvalue weighted by Crippen LogP contribution is -2.39. The van der Waals surface area contributed by atoms with E-state index in [9.17, 15) is 4.79 Å². The second-order valence-electron chi connectivity index (χ2n) is 3.67. The Hall–Kier alpha value is -0.830. The molecule has 3 heteroatoms. The van der Waals surface area contributed by atoms with Gasteiger partial charge in [-0.3, -0.25) is 4.79 Å². The lowest BCUT2D eigenvalue weighted by molar-refractivity contribution is -0.119. The predicted molar refractivity (Wildman–Crippen MR) is 62.9 cm³/mol. The van der Waals surface area contributed by atoms with E-state index in [4.69, 9.17) is 0 Å². The average molecular weight is 256 g/mol. The lowest BCUT2D eigenvalue weighted by atomic mass is 10.2. The van der Waals surface area contributed by atoms with Gasteiger partial charge in [-0.25, -0.2) is 0 Å². The van der Waals surface area contributed by atoms with Crippen LogP contribution in [-0.2, 0) is 4.79 Å². The minimum atomic E-state index is -0.516. The van der Waals surface area contributed by atoms with E-state index in [2.05, 4.69) is 15.9 Å². The van der Waals surface area contributed by atoms with E-state index >= 15 is 0 Å². The van der Waals surface area contributed by atoms with Gasteiger partial charge in [0.1, 0.15) is 0 Å². The third kappa shape index (κ3) is 2.58. The fraction of sp³-hybridized carbons (Fsp3) is 0.364. The highest BCUT2D eigenvalue weighted by atomic mass is 79.9. The Morgan fingerprint density at radius 2 is 1.79 bits per heavy atom. The minimum absolute atomic E-state index is 0.0451. The first-order valence-electron chi connectivity index (χ1n) is 4.45. The lowest BCUT2D eigenvalue weighted by Gasteiger charge is -2.24. The maximum atomic E-state index is 11.8. The smallest absolute Gasteiger partial charge is 0.243 e. The van der Waals surface area contributed by atoms with E-state index in [1.165, 1.54) is 0 Å². The number of carbonyl (C=O) groups excluding carboxylic acids is 1. The molecule has 0 aliphatic carbocycles. The minimum Gasteiger partial charge on any atom is -0.314 e. The van der Waals surface area contributed by atoms with E-state index in [1.807, 2.05) is 44.2 Å². The molecule has 0 fully saturated rings. The highest BCUT2D eigenvalue weighted by Crippen LogP contribution is 2.22. The maximum absolute atomic E-state index is 11.8. The molecule has 0 saturated carbocycles. The number of hydrogen-bond donors (Lipinski definition) is 0. The molecule has 76 valence electrons. The molecule has 1 aromatic rings. The summed E-state index contributed by atoms with van der Waals surface area (Å²) in [6.07, 6.45) is 0. The van der Waals surface area contributed by atoms with Gasteiger partial charge in [-0.05, 0) is 26.0 Å². The van der Waals surface area contributed by atoms with Crippen LogP contribution in [-0.4, -0.2) is 17.3 Å². The van der Waals surface area contributed by atoms with E-state index in [1.54, 1.807) is 11.9 Å². The summed E-state index contributed by atoms with van der Waals surface area (Å²) < 4.78 is -0.516. The number of anilines is 1. The maximum Gasteiger partial charge on any atom is 0.243 e. The molecular weight excluding hydrogens is 242 g/mol. The number of alkyl halides is 1. The second-order valence-corrected chi connectivity index (χ2v) is 5.65. The number of rotatable bonds is 2. The van der Waals surface area contributed by atoms with E-state index in [0.29, 0.717) is 0 Å². The molecule has 14 heavy (non-hydrogen) atoms. The first-order valence-corrected chi connectivity index (χ1v) is 5.24. The third-order valence-electron chi connectivity index (χ3n) is 1.96. The molecule has 0 N–H and O–H groups in total. The fourth-order valence-corrected chi connectivity index (χ4v) is 1.43. The van der Waals surface area contributed by atoms with Crippen molar-refractivity contribution in [3.8, 4) is 0 Å². The van der Waals surface area contributed by atoms with Crippen LogP contribution in [0.25, 0.3) is 0 Å². The summed E-state index contributed by atoms with van der Waals surface area (Å²) in [7, 11) is 1.78. The van der Waals surface area contributed by atoms with E-state index in [-0.39, 0.29) is 5.91 Å². The quantitative estimate of drug-likeness (QED) is 0.745. The summed E-state index contributed by atoms with van der Waals surface area (Å²) in [5.41, 5.74) is 0.907. The number of halogens is 1. The van der Waals surface area contributed by atoms with Crippen molar-refractivity contribution in [3.05, 3.63) is 30.3 Å².